The lowest BCUT2D eigenvalue weighted by atomic mass is 10.0. The molecule has 0 unspecified atom stereocenters. The van der Waals surface area contributed by atoms with Crippen LogP contribution in [-0.4, -0.2) is 39.2 Å². The third kappa shape index (κ3) is 6.52. The van der Waals surface area contributed by atoms with Crippen molar-refractivity contribution in [3.8, 4) is 22.6 Å². The maximum atomic E-state index is 13.1. The van der Waals surface area contributed by atoms with Crippen molar-refractivity contribution in [3.05, 3.63) is 48.7 Å². The lowest BCUT2D eigenvalue weighted by molar-refractivity contribution is 0.0716. The van der Waals surface area contributed by atoms with Gasteiger partial charge in [-0.25, -0.2) is 28.1 Å². The van der Waals surface area contributed by atoms with E-state index in [9.17, 15) is 13.2 Å². The highest BCUT2D eigenvalue weighted by molar-refractivity contribution is 5.77. The fraction of sp³-hybridized carbons (Fsp3) is 0.409. The van der Waals surface area contributed by atoms with Gasteiger partial charge in [-0.05, 0) is 49.1 Å². The van der Waals surface area contributed by atoms with Gasteiger partial charge in [0.05, 0.1) is 23.4 Å². The summed E-state index contributed by atoms with van der Waals surface area (Å²) < 4.78 is 45.0. The molecular weight excluding hydrogens is 407 g/mol. The number of rotatable bonds is 5. The Labute approximate surface area is 179 Å². The van der Waals surface area contributed by atoms with Gasteiger partial charge in [-0.3, -0.25) is 0 Å². The molecule has 1 fully saturated rings. The molecule has 0 amide bonds. The van der Waals surface area contributed by atoms with Crippen molar-refractivity contribution < 1.29 is 17.9 Å². The van der Waals surface area contributed by atoms with Crippen LogP contribution >= 0.6 is 0 Å². The molecule has 4 rings (SSSR count). The van der Waals surface area contributed by atoms with Crippen molar-refractivity contribution in [1.29, 1.82) is 0 Å². The normalized spacial score (nSPS) is 14.4. The van der Waals surface area contributed by atoms with E-state index in [4.69, 9.17) is 10.5 Å². The van der Waals surface area contributed by atoms with Gasteiger partial charge in [0, 0.05) is 37.9 Å². The zero-order valence-electron chi connectivity index (χ0n) is 17.3. The highest BCUT2D eigenvalue weighted by atomic mass is 19.3. The number of hydrogen-bond donors (Lipinski definition) is 1. The van der Waals surface area contributed by atoms with Crippen LogP contribution in [-0.2, 0) is 11.3 Å². The SMILES string of the molecule is CC1CCOCC1.Nc1nccc(-c2c(-c3ccc(F)cc3)ncn2CCC(F)F)n1. The summed E-state index contributed by atoms with van der Waals surface area (Å²) in [5.74, 6) is 0.608. The van der Waals surface area contributed by atoms with Crippen molar-refractivity contribution in [3.63, 3.8) is 0 Å². The first kappa shape index (κ1) is 22.7. The molecule has 9 heteroatoms. The molecule has 0 bridgehead atoms. The molecule has 3 heterocycles. The predicted molar refractivity (Wildman–Crippen MR) is 113 cm³/mol. The standard InChI is InChI=1S/C16H14F3N5.C6H12O/c17-11-3-1-10(2-4-11)14-15(12-5-7-21-16(20)23-12)24(9-22-14)8-6-13(18)19;1-6-2-4-7-5-3-6/h1-5,7,9,13H,6,8H2,(H2,20,21,23);6H,2-5H2,1H3. The maximum absolute atomic E-state index is 13.1. The molecule has 1 saturated heterocycles. The zero-order valence-corrected chi connectivity index (χ0v) is 17.3. The van der Waals surface area contributed by atoms with E-state index < -0.39 is 6.43 Å². The number of anilines is 1. The van der Waals surface area contributed by atoms with E-state index in [1.54, 1.807) is 22.8 Å². The van der Waals surface area contributed by atoms with Crippen LogP contribution in [0.5, 0.6) is 0 Å². The number of benzene rings is 1. The summed E-state index contributed by atoms with van der Waals surface area (Å²) in [5, 5.41) is 0. The Bertz CT molecular complexity index is 956. The first-order valence-corrected chi connectivity index (χ1v) is 10.2. The fourth-order valence-corrected chi connectivity index (χ4v) is 3.20. The van der Waals surface area contributed by atoms with Crippen LogP contribution in [0.4, 0.5) is 19.1 Å². The summed E-state index contributed by atoms with van der Waals surface area (Å²) in [5.41, 5.74) is 7.80. The summed E-state index contributed by atoms with van der Waals surface area (Å²) in [4.78, 5) is 12.3. The number of alkyl halides is 2. The lowest BCUT2D eigenvalue weighted by Crippen LogP contribution is -2.12. The number of nitrogen functional groups attached to an aromatic ring is 1. The average Bonchev–Trinajstić information content (AvgIpc) is 3.18. The molecule has 1 aromatic carbocycles. The smallest absolute Gasteiger partial charge is 0.240 e. The molecule has 1 aliphatic heterocycles. The molecule has 3 aromatic rings. The third-order valence-electron chi connectivity index (χ3n) is 4.97. The number of imidazole rings is 1. The van der Waals surface area contributed by atoms with Gasteiger partial charge in [-0.15, -0.1) is 0 Å². The van der Waals surface area contributed by atoms with Gasteiger partial charge in [0.25, 0.3) is 0 Å². The van der Waals surface area contributed by atoms with E-state index in [0.717, 1.165) is 19.1 Å². The van der Waals surface area contributed by atoms with Crippen LogP contribution in [0.1, 0.15) is 26.2 Å². The number of hydrogen-bond acceptors (Lipinski definition) is 5. The molecule has 0 aliphatic carbocycles. The summed E-state index contributed by atoms with van der Waals surface area (Å²) in [6.07, 6.45) is 2.74. The Morgan fingerprint density at radius 2 is 1.84 bits per heavy atom. The summed E-state index contributed by atoms with van der Waals surface area (Å²) in [6, 6.07) is 7.39. The molecule has 0 atom stereocenters. The van der Waals surface area contributed by atoms with Gasteiger partial charge in [0.1, 0.15) is 5.82 Å². The monoisotopic (exact) mass is 433 g/mol. The van der Waals surface area contributed by atoms with Crippen molar-refractivity contribution in [2.75, 3.05) is 18.9 Å². The number of aromatic nitrogens is 4. The number of ether oxygens (including phenoxy) is 1. The van der Waals surface area contributed by atoms with Crippen molar-refractivity contribution in [1.82, 2.24) is 19.5 Å². The van der Waals surface area contributed by atoms with Gasteiger partial charge in [-0.1, -0.05) is 6.92 Å². The Balaban J connectivity index is 0.000000330. The lowest BCUT2D eigenvalue weighted by Gasteiger charge is -2.16. The van der Waals surface area contributed by atoms with Gasteiger partial charge in [0.15, 0.2) is 0 Å². The van der Waals surface area contributed by atoms with Gasteiger partial charge in [-0.2, -0.15) is 0 Å². The number of halogens is 3. The second-order valence-corrected chi connectivity index (χ2v) is 7.42. The van der Waals surface area contributed by atoms with Crippen LogP contribution in [0.3, 0.4) is 0 Å². The minimum atomic E-state index is -2.43. The topological polar surface area (TPSA) is 78.9 Å². The summed E-state index contributed by atoms with van der Waals surface area (Å²) in [7, 11) is 0. The van der Waals surface area contributed by atoms with Gasteiger partial charge >= 0.3 is 0 Å². The van der Waals surface area contributed by atoms with Crippen LogP contribution < -0.4 is 5.73 Å². The summed E-state index contributed by atoms with van der Waals surface area (Å²) in [6.45, 7) is 4.33. The number of aryl methyl sites for hydroxylation is 1. The van der Waals surface area contributed by atoms with E-state index >= 15 is 0 Å². The van der Waals surface area contributed by atoms with Crippen LogP contribution in [0.25, 0.3) is 22.6 Å². The van der Waals surface area contributed by atoms with Gasteiger partial charge in [0.2, 0.25) is 12.4 Å². The Morgan fingerprint density at radius 3 is 2.42 bits per heavy atom. The fourth-order valence-electron chi connectivity index (χ4n) is 3.20. The average molecular weight is 433 g/mol. The highest BCUT2D eigenvalue weighted by Crippen LogP contribution is 2.30. The Kier molecular flexibility index (Phi) is 8.00. The summed E-state index contributed by atoms with van der Waals surface area (Å²) >= 11 is 0. The molecule has 31 heavy (non-hydrogen) atoms. The van der Waals surface area contributed by atoms with Crippen molar-refractivity contribution in [2.45, 2.75) is 39.2 Å². The molecule has 166 valence electrons. The largest absolute Gasteiger partial charge is 0.381 e. The first-order chi connectivity index (χ1) is 14.9. The molecule has 6 nitrogen and oxygen atoms in total. The Morgan fingerprint density at radius 1 is 1.13 bits per heavy atom. The van der Waals surface area contributed by atoms with E-state index in [-0.39, 0.29) is 24.7 Å². The Hall–Kier alpha value is -2.94. The molecule has 2 aromatic heterocycles. The maximum Gasteiger partial charge on any atom is 0.240 e. The van der Waals surface area contributed by atoms with E-state index in [1.165, 1.54) is 37.5 Å². The third-order valence-corrected chi connectivity index (χ3v) is 4.97. The first-order valence-electron chi connectivity index (χ1n) is 10.2. The van der Waals surface area contributed by atoms with Gasteiger partial charge < -0.3 is 15.0 Å². The quantitative estimate of drug-likeness (QED) is 0.624. The second-order valence-electron chi connectivity index (χ2n) is 7.42. The van der Waals surface area contributed by atoms with Crippen LogP contribution in [0.15, 0.2) is 42.9 Å². The van der Waals surface area contributed by atoms with E-state index in [1.807, 2.05) is 0 Å². The second kappa shape index (κ2) is 10.9. The molecular formula is C22H26F3N5O. The minimum Gasteiger partial charge on any atom is -0.381 e. The number of nitrogens with zero attached hydrogens (tertiary/aromatic N) is 4. The molecule has 0 saturated carbocycles. The van der Waals surface area contributed by atoms with E-state index in [2.05, 4.69) is 21.9 Å². The minimum absolute atomic E-state index is 0.0687. The molecule has 0 spiro atoms. The van der Waals surface area contributed by atoms with Crippen LogP contribution in [0, 0.1) is 11.7 Å². The van der Waals surface area contributed by atoms with Crippen molar-refractivity contribution in [2.24, 2.45) is 5.92 Å². The zero-order chi connectivity index (χ0) is 22.2. The predicted octanol–water partition coefficient (Wildman–Crippen LogP) is 4.82. The molecule has 2 N–H and O–H groups in total. The molecule has 0 radical (unpaired) electrons. The highest BCUT2D eigenvalue weighted by Gasteiger charge is 2.17. The molecule has 1 aliphatic rings. The van der Waals surface area contributed by atoms with Crippen LogP contribution in [0.2, 0.25) is 0 Å². The van der Waals surface area contributed by atoms with Crippen molar-refractivity contribution >= 4 is 5.95 Å². The van der Waals surface area contributed by atoms with E-state index in [0.29, 0.717) is 22.6 Å². The number of nitrogens with two attached hydrogens (primary N) is 1.